The second-order valence-corrected chi connectivity index (χ2v) is 7.65. The van der Waals surface area contributed by atoms with Crippen LogP contribution in [0.25, 0.3) is 5.69 Å². The first-order valence-electron chi connectivity index (χ1n) is 10.2. The monoisotopic (exact) mass is 479 g/mol. The van der Waals surface area contributed by atoms with Gasteiger partial charge in [-0.1, -0.05) is 17.3 Å². The molecule has 0 spiro atoms. The van der Waals surface area contributed by atoms with Crippen molar-refractivity contribution in [3.63, 3.8) is 0 Å². The third-order valence-corrected chi connectivity index (χ3v) is 5.40. The van der Waals surface area contributed by atoms with Crippen LogP contribution in [0.4, 0.5) is 22.0 Å². The molecule has 0 aliphatic carbocycles. The molecule has 2 heterocycles. The van der Waals surface area contributed by atoms with Gasteiger partial charge in [0.25, 0.3) is 5.91 Å². The fourth-order valence-corrected chi connectivity index (χ4v) is 3.64. The largest absolute Gasteiger partial charge is 0.435 e. The molecule has 1 aliphatic rings. The summed E-state index contributed by atoms with van der Waals surface area (Å²) in [6, 6.07) is 9.62. The van der Waals surface area contributed by atoms with Crippen LogP contribution in [-0.2, 0) is 17.4 Å². The van der Waals surface area contributed by atoms with Crippen LogP contribution in [-0.4, -0.2) is 62.8 Å². The van der Waals surface area contributed by atoms with Crippen LogP contribution in [0.1, 0.15) is 21.7 Å². The molecule has 12 heteroatoms. The molecule has 1 aromatic heterocycles. The molecule has 34 heavy (non-hydrogen) atoms. The maximum atomic E-state index is 13.8. The third-order valence-electron chi connectivity index (χ3n) is 5.40. The second kappa shape index (κ2) is 9.20. The Morgan fingerprint density at radius 3 is 1.91 bits per heavy atom. The van der Waals surface area contributed by atoms with Gasteiger partial charge in [0.05, 0.1) is 12.1 Å². The molecular formula is C22H18F5N5O2. The van der Waals surface area contributed by atoms with Gasteiger partial charge in [0.1, 0.15) is 11.6 Å². The first-order chi connectivity index (χ1) is 16.1. The Morgan fingerprint density at radius 1 is 0.824 bits per heavy atom. The van der Waals surface area contributed by atoms with E-state index in [1.807, 2.05) is 0 Å². The summed E-state index contributed by atoms with van der Waals surface area (Å²) in [6.07, 6.45) is -4.91. The van der Waals surface area contributed by atoms with Crippen LogP contribution in [0, 0.1) is 11.6 Å². The summed E-state index contributed by atoms with van der Waals surface area (Å²) < 4.78 is 68.1. The van der Waals surface area contributed by atoms with Crippen molar-refractivity contribution in [2.24, 2.45) is 0 Å². The molecule has 2 amide bonds. The zero-order valence-electron chi connectivity index (χ0n) is 17.6. The van der Waals surface area contributed by atoms with Crippen LogP contribution >= 0.6 is 0 Å². The molecule has 0 saturated carbocycles. The SMILES string of the molecule is O=C(Cc1ccc(F)cc1)N1CCN(C(=O)c2nnn(-c3ccc(F)cc3)c2C(F)(F)F)CC1. The summed E-state index contributed by atoms with van der Waals surface area (Å²) in [6.45, 7) is 0.266. The van der Waals surface area contributed by atoms with E-state index in [-0.39, 0.29) is 44.2 Å². The lowest BCUT2D eigenvalue weighted by Crippen LogP contribution is -2.51. The Balaban J connectivity index is 1.47. The summed E-state index contributed by atoms with van der Waals surface area (Å²) in [7, 11) is 0. The summed E-state index contributed by atoms with van der Waals surface area (Å²) in [4.78, 5) is 28.0. The minimum absolute atomic E-state index is 0.00863. The molecule has 178 valence electrons. The summed E-state index contributed by atoms with van der Waals surface area (Å²) in [5.41, 5.74) is -1.71. The molecule has 2 aromatic carbocycles. The number of nitrogens with zero attached hydrogens (tertiary/aromatic N) is 5. The molecular weight excluding hydrogens is 461 g/mol. The number of carbonyl (C=O) groups excluding carboxylic acids is 2. The molecule has 1 aliphatic heterocycles. The first kappa shape index (κ1) is 23.3. The Hall–Kier alpha value is -3.83. The van der Waals surface area contributed by atoms with Gasteiger partial charge in [-0.2, -0.15) is 13.2 Å². The molecule has 4 rings (SSSR count). The van der Waals surface area contributed by atoms with Crippen molar-refractivity contribution in [1.82, 2.24) is 24.8 Å². The fraction of sp³-hybridized carbons (Fsp3) is 0.273. The van der Waals surface area contributed by atoms with Crippen molar-refractivity contribution < 1.29 is 31.5 Å². The van der Waals surface area contributed by atoms with E-state index in [1.165, 1.54) is 34.1 Å². The number of alkyl halides is 3. The number of hydrogen-bond donors (Lipinski definition) is 0. The van der Waals surface area contributed by atoms with Gasteiger partial charge in [0.15, 0.2) is 11.4 Å². The lowest BCUT2D eigenvalue weighted by atomic mass is 10.1. The predicted octanol–water partition coefficient (Wildman–Crippen LogP) is 3.09. The highest BCUT2D eigenvalue weighted by Gasteiger charge is 2.43. The maximum Gasteiger partial charge on any atom is 0.435 e. The van der Waals surface area contributed by atoms with Gasteiger partial charge in [-0.3, -0.25) is 9.59 Å². The van der Waals surface area contributed by atoms with E-state index in [9.17, 15) is 31.5 Å². The molecule has 3 aromatic rings. The first-order valence-corrected chi connectivity index (χ1v) is 10.2. The number of rotatable bonds is 4. The number of piperazine rings is 1. The van der Waals surface area contributed by atoms with Gasteiger partial charge in [0, 0.05) is 26.2 Å². The summed E-state index contributed by atoms with van der Waals surface area (Å²) >= 11 is 0. The van der Waals surface area contributed by atoms with Gasteiger partial charge in [-0.05, 0) is 42.0 Å². The van der Waals surface area contributed by atoms with Gasteiger partial charge < -0.3 is 9.80 Å². The van der Waals surface area contributed by atoms with E-state index in [2.05, 4.69) is 10.3 Å². The lowest BCUT2D eigenvalue weighted by molar-refractivity contribution is -0.143. The maximum absolute atomic E-state index is 13.8. The third kappa shape index (κ3) is 4.90. The van der Waals surface area contributed by atoms with Gasteiger partial charge in [-0.15, -0.1) is 5.10 Å². The van der Waals surface area contributed by atoms with Crippen molar-refractivity contribution in [1.29, 1.82) is 0 Å². The van der Waals surface area contributed by atoms with Crippen LogP contribution in [0.2, 0.25) is 0 Å². The predicted molar refractivity (Wildman–Crippen MR) is 109 cm³/mol. The molecule has 1 saturated heterocycles. The Kier molecular flexibility index (Phi) is 6.31. The quantitative estimate of drug-likeness (QED) is 0.540. The zero-order valence-corrected chi connectivity index (χ0v) is 17.6. The van der Waals surface area contributed by atoms with Crippen molar-refractivity contribution in [3.05, 3.63) is 77.1 Å². The fourth-order valence-electron chi connectivity index (χ4n) is 3.64. The van der Waals surface area contributed by atoms with Crippen molar-refractivity contribution in [2.45, 2.75) is 12.6 Å². The van der Waals surface area contributed by atoms with Gasteiger partial charge >= 0.3 is 6.18 Å². The highest BCUT2D eigenvalue weighted by molar-refractivity contribution is 5.94. The Bertz CT molecular complexity index is 1180. The number of hydrogen-bond acceptors (Lipinski definition) is 4. The number of aromatic nitrogens is 3. The molecule has 0 radical (unpaired) electrons. The van der Waals surface area contributed by atoms with Crippen LogP contribution in [0.15, 0.2) is 48.5 Å². The van der Waals surface area contributed by atoms with Crippen LogP contribution in [0.5, 0.6) is 0 Å². The average molecular weight is 479 g/mol. The highest BCUT2D eigenvalue weighted by atomic mass is 19.4. The number of amides is 2. The Labute approximate surface area is 190 Å². The minimum atomic E-state index is -4.95. The molecule has 0 N–H and O–H groups in total. The van der Waals surface area contributed by atoms with E-state index >= 15 is 0 Å². The van der Waals surface area contributed by atoms with E-state index in [0.717, 1.165) is 24.3 Å². The van der Waals surface area contributed by atoms with Gasteiger partial charge in [0.2, 0.25) is 5.91 Å². The molecule has 1 fully saturated rings. The summed E-state index contributed by atoms with van der Waals surface area (Å²) in [5.74, 6) is -2.26. The molecule has 0 unspecified atom stereocenters. The van der Waals surface area contributed by atoms with E-state index in [0.29, 0.717) is 10.2 Å². The number of benzene rings is 2. The van der Waals surface area contributed by atoms with E-state index in [4.69, 9.17) is 0 Å². The summed E-state index contributed by atoms with van der Waals surface area (Å²) in [5, 5.41) is 6.95. The van der Waals surface area contributed by atoms with Crippen molar-refractivity contribution in [3.8, 4) is 5.69 Å². The lowest BCUT2D eigenvalue weighted by Gasteiger charge is -2.34. The van der Waals surface area contributed by atoms with E-state index in [1.54, 1.807) is 0 Å². The highest BCUT2D eigenvalue weighted by Crippen LogP contribution is 2.33. The normalized spacial score (nSPS) is 14.4. The minimum Gasteiger partial charge on any atom is -0.339 e. The van der Waals surface area contributed by atoms with Crippen molar-refractivity contribution in [2.75, 3.05) is 26.2 Å². The second-order valence-electron chi connectivity index (χ2n) is 7.65. The van der Waals surface area contributed by atoms with Crippen LogP contribution < -0.4 is 0 Å². The van der Waals surface area contributed by atoms with E-state index < -0.39 is 35.1 Å². The molecule has 0 bridgehead atoms. The average Bonchev–Trinajstić information content (AvgIpc) is 3.26. The zero-order chi connectivity index (χ0) is 24.5. The number of carbonyl (C=O) groups is 2. The Morgan fingerprint density at radius 2 is 1.35 bits per heavy atom. The number of halogens is 5. The topological polar surface area (TPSA) is 71.3 Å². The van der Waals surface area contributed by atoms with Gasteiger partial charge in [-0.25, -0.2) is 13.5 Å². The smallest absolute Gasteiger partial charge is 0.339 e. The molecule has 7 nitrogen and oxygen atoms in total. The van der Waals surface area contributed by atoms with Crippen molar-refractivity contribution >= 4 is 11.8 Å². The van der Waals surface area contributed by atoms with Crippen LogP contribution in [0.3, 0.4) is 0 Å². The molecule has 0 atom stereocenters. The standard InChI is InChI=1S/C22H18F5N5O2/c23-15-3-1-14(2-4-15)13-18(33)30-9-11-31(12-10-30)21(34)19-20(22(25,26)27)32(29-28-19)17-7-5-16(24)6-8-17/h1-8H,9-13H2.